The van der Waals surface area contributed by atoms with Gasteiger partial charge < -0.3 is 13.9 Å². The topological polar surface area (TPSA) is 87.4 Å². The summed E-state index contributed by atoms with van der Waals surface area (Å²) in [6, 6.07) is 12.7. The Morgan fingerprint density at radius 3 is 2.18 bits per heavy atom. The summed E-state index contributed by atoms with van der Waals surface area (Å²) in [6.07, 6.45) is 0.541. The van der Waals surface area contributed by atoms with Crippen LogP contribution in [0.2, 0.25) is 0 Å². The Bertz CT molecular complexity index is 1310. The molecule has 0 bridgehead atoms. The molecule has 174 valence electrons. The number of hydrogen-bond donors (Lipinski definition) is 0. The maximum atomic E-state index is 12.8. The molecule has 33 heavy (non-hydrogen) atoms. The summed E-state index contributed by atoms with van der Waals surface area (Å²) in [7, 11) is -3.04. The minimum Gasteiger partial charge on any atom is -0.454 e. The zero-order chi connectivity index (χ0) is 23.9. The van der Waals surface area contributed by atoms with Gasteiger partial charge in [-0.2, -0.15) is 0 Å². The first-order chi connectivity index (χ1) is 15.6. The summed E-state index contributed by atoms with van der Waals surface area (Å²) < 4.78 is 33.0. The first-order valence-corrected chi connectivity index (χ1v) is 12.7. The van der Waals surface area contributed by atoms with Crippen LogP contribution in [0.15, 0.2) is 42.5 Å². The Hall–Kier alpha value is -3.13. The third kappa shape index (κ3) is 4.53. The quantitative estimate of drug-likeness (QED) is 0.404. The van der Waals surface area contributed by atoms with E-state index in [1.807, 2.05) is 49.6 Å². The molecule has 0 N–H and O–H groups in total. The lowest BCUT2D eigenvalue weighted by Gasteiger charge is -2.16. The van der Waals surface area contributed by atoms with E-state index in [0.29, 0.717) is 23.2 Å². The van der Waals surface area contributed by atoms with E-state index in [-0.39, 0.29) is 29.9 Å². The Balaban J connectivity index is 1.43. The molecule has 1 aliphatic heterocycles. The second-order valence-electron chi connectivity index (χ2n) is 8.71. The van der Waals surface area contributed by atoms with Gasteiger partial charge in [0, 0.05) is 40.1 Å². The maximum absolute atomic E-state index is 12.8. The molecule has 0 amide bonds. The van der Waals surface area contributed by atoms with E-state index in [4.69, 9.17) is 4.74 Å². The number of aromatic nitrogens is 2. The predicted octanol–water partition coefficient (Wildman–Crippen LogP) is 3.91. The van der Waals surface area contributed by atoms with Crippen molar-refractivity contribution in [2.45, 2.75) is 40.2 Å². The number of hydrogen-bond acceptors (Lipinski definition) is 5. The van der Waals surface area contributed by atoms with Gasteiger partial charge in [-0.3, -0.25) is 4.79 Å². The Morgan fingerprint density at radius 2 is 1.61 bits per heavy atom. The predicted molar refractivity (Wildman–Crippen MR) is 126 cm³/mol. The van der Waals surface area contributed by atoms with Gasteiger partial charge >= 0.3 is 5.97 Å². The summed E-state index contributed by atoms with van der Waals surface area (Å²) in [6.45, 7) is 7.32. The molecule has 1 aliphatic rings. The molecule has 0 spiro atoms. The fourth-order valence-electron chi connectivity index (χ4n) is 4.71. The molecule has 0 aliphatic carbocycles. The van der Waals surface area contributed by atoms with Crippen LogP contribution in [0.3, 0.4) is 0 Å². The van der Waals surface area contributed by atoms with E-state index in [1.165, 1.54) is 0 Å². The molecule has 1 saturated heterocycles. The highest BCUT2D eigenvalue weighted by molar-refractivity contribution is 7.91. The maximum Gasteiger partial charge on any atom is 0.338 e. The molecule has 3 aromatic rings. The molecule has 3 heterocycles. The van der Waals surface area contributed by atoms with Crippen LogP contribution in [0.25, 0.3) is 5.69 Å². The molecule has 4 rings (SSSR count). The van der Waals surface area contributed by atoms with Crippen molar-refractivity contribution in [3.63, 3.8) is 0 Å². The SMILES string of the molecule is Cc1ccc(C)n1-c1ccc(C(=O)OCC(=O)c2cc(C)n(C3CCS(=O)(=O)C3)c2C)cc1. The normalized spacial score (nSPS) is 17.3. The lowest BCUT2D eigenvalue weighted by atomic mass is 10.1. The zero-order valence-corrected chi connectivity index (χ0v) is 20.1. The fourth-order valence-corrected chi connectivity index (χ4v) is 6.41. The number of carbonyl (C=O) groups excluding carboxylic acids is 2. The molecular formula is C25H28N2O5S. The van der Waals surface area contributed by atoms with Gasteiger partial charge in [0.05, 0.1) is 17.1 Å². The molecule has 8 heteroatoms. The number of carbonyl (C=O) groups is 2. The van der Waals surface area contributed by atoms with Crippen LogP contribution >= 0.6 is 0 Å². The van der Waals surface area contributed by atoms with Crippen LogP contribution in [-0.2, 0) is 14.6 Å². The van der Waals surface area contributed by atoms with Crippen molar-refractivity contribution in [1.82, 2.24) is 9.13 Å². The molecule has 0 saturated carbocycles. The van der Waals surface area contributed by atoms with Gasteiger partial charge in [0.1, 0.15) is 0 Å². The van der Waals surface area contributed by atoms with Crippen molar-refractivity contribution in [2.24, 2.45) is 0 Å². The van der Waals surface area contributed by atoms with Crippen molar-refractivity contribution in [3.05, 3.63) is 76.4 Å². The molecule has 1 atom stereocenters. The summed E-state index contributed by atoms with van der Waals surface area (Å²) in [5.74, 6) is -0.618. The van der Waals surface area contributed by atoms with Crippen LogP contribution in [-0.4, -0.2) is 47.4 Å². The molecule has 1 fully saturated rings. The summed E-state index contributed by atoms with van der Waals surface area (Å²) >= 11 is 0. The average Bonchev–Trinajstić information content (AvgIpc) is 3.40. The van der Waals surface area contributed by atoms with E-state index in [9.17, 15) is 18.0 Å². The largest absolute Gasteiger partial charge is 0.454 e. The van der Waals surface area contributed by atoms with Crippen LogP contribution in [0.4, 0.5) is 0 Å². The number of Topliss-reactive ketones (excluding diaryl/α,β-unsaturated/α-hetero) is 1. The van der Waals surface area contributed by atoms with E-state index < -0.39 is 15.8 Å². The van der Waals surface area contributed by atoms with E-state index in [0.717, 1.165) is 22.8 Å². The third-order valence-corrected chi connectivity index (χ3v) is 8.08. The molecule has 1 aromatic carbocycles. The first-order valence-electron chi connectivity index (χ1n) is 10.9. The van der Waals surface area contributed by atoms with E-state index >= 15 is 0 Å². The van der Waals surface area contributed by atoms with Crippen molar-refractivity contribution in [2.75, 3.05) is 18.1 Å². The Morgan fingerprint density at radius 1 is 0.970 bits per heavy atom. The van der Waals surface area contributed by atoms with Gasteiger partial charge in [-0.15, -0.1) is 0 Å². The highest BCUT2D eigenvalue weighted by Gasteiger charge is 2.31. The monoisotopic (exact) mass is 468 g/mol. The van der Waals surface area contributed by atoms with Gasteiger partial charge in [-0.1, -0.05) is 0 Å². The van der Waals surface area contributed by atoms with Gasteiger partial charge in [0.2, 0.25) is 5.78 Å². The summed E-state index contributed by atoms with van der Waals surface area (Å²) in [5.41, 5.74) is 5.51. The fraction of sp³-hybridized carbons (Fsp3) is 0.360. The second-order valence-corrected chi connectivity index (χ2v) is 10.9. The lowest BCUT2D eigenvalue weighted by molar-refractivity contribution is 0.0474. The number of aryl methyl sites for hydroxylation is 3. The third-order valence-electron chi connectivity index (χ3n) is 6.33. The second kappa shape index (κ2) is 8.67. The van der Waals surface area contributed by atoms with Gasteiger partial charge in [-0.05, 0) is 76.6 Å². The molecule has 0 radical (unpaired) electrons. The Labute approximate surface area is 193 Å². The van der Waals surface area contributed by atoms with Gasteiger partial charge in [0.15, 0.2) is 16.4 Å². The number of esters is 1. The number of ketones is 1. The van der Waals surface area contributed by atoms with E-state index in [2.05, 4.69) is 4.57 Å². The van der Waals surface area contributed by atoms with Crippen LogP contribution in [0.5, 0.6) is 0 Å². The molecule has 2 aromatic heterocycles. The molecular weight excluding hydrogens is 440 g/mol. The minimum atomic E-state index is -3.04. The van der Waals surface area contributed by atoms with Gasteiger partial charge in [0.25, 0.3) is 0 Å². The van der Waals surface area contributed by atoms with Crippen molar-refractivity contribution < 1.29 is 22.7 Å². The average molecular weight is 469 g/mol. The number of benzene rings is 1. The van der Waals surface area contributed by atoms with Crippen LogP contribution in [0.1, 0.15) is 56.0 Å². The molecule has 1 unspecified atom stereocenters. The number of ether oxygens (including phenoxy) is 1. The lowest BCUT2D eigenvalue weighted by Crippen LogP contribution is -2.17. The highest BCUT2D eigenvalue weighted by atomic mass is 32.2. The van der Waals surface area contributed by atoms with Gasteiger partial charge in [-0.25, -0.2) is 13.2 Å². The number of sulfone groups is 1. The highest BCUT2D eigenvalue weighted by Crippen LogP contribution is 2.29. The van der Waals surface area contributed by atoms with Crippen LogP contribution in [0, 0.1) is 27.7 Å². The standard InChI is InChI=1S/C25H28N2O5S/c1-16-5-6-17(2)26(16)21-9-7-20(8-10-21)25(29)32-14-24(28)23-13-18(3)27(19(23)4)22-11-12-33(30,31)15-22/h5-10,13,22H,11-12,14-15H2,1-4H3. The van der Waals surface area contributed by atoms with E-state index in [1.54, 1.807) is 25.1 Å². The van der Waals surface area contributed by atoms with Crippen molar-refractivity contribution in [1.29, 1.82) is 0 Å². The van der Waals surface area contributed by atoms with Crippen LogP contribution < -0.4 is 0 Å². The zero-order valence-electron chi connectivity index (χ0n) is 19.3. The molecule has 7 nitrogen and oxygen atoms in total. The smallest absolute Gasteiger partial charge is 0.338 e. The summed E-state index contributed by atoms with van der Waals surface area (Å²) in [5, 5.41) is 0. The number of nitrogens with zero attached hydrogens (tertiary/aromatic N) is 2. The minimum absolute atomic E-state index is 0.0873. The first kappa shape index (κ1) is 23.0. The van der Waals surface area contributed by atoms with Crippen molar-refractivity contribution >= 4 is 21.6 Å². The Kier molecular flexibility index (Phi) is 6.05. The number of rotatable bonds is 6. The van der Waals surface area contributed by atoms with Crippen molar-refractivity contribution in [3.8, 4) is 5.69 Å². The summed E-state index contributed by atoms with van der Waals surface area (Å²) in [4.78, 5) is 25.3.